The highest BCUT2D eigenvalue weighted by Gasteiger charge is 2.20. The van der Waals surface area contributed by atoms with Crippen LogP contribution in [0.3, 0.4) is 0 Å². The number of hydrogen-bond donors (Lipinski definition) is 1. The number of hydrogen-bond acceptors (Lipinski definition) is 8. The van der Waals surface area contributed by atoms with Gasteiger partial charge in [0.15, 0.2) is 0 Å². The molecule has 0 aliphatic heterocycles. The molecule has 1 heterocycles. The topological polar surface area (TPSA) is 116 Å². The average Bonchev–Trinajstić information content (AvgIpc) is 3.15. The third-order valence-corrected chi connectivity index (χ3v) is 4.49. The summed E-state index contributed by atoms with van der Waals surface area (Å²) >= 11 is 1.10. The van der Waals surface area contributed by atoms with Gasteiger partial charge < -0.3 is 9.47 Å². The number of rotatable bonds is 6. The fourth-order valence-corrected chi connectivity index (χ4v) is 3.11. The van der Waals surface area contributed by atoms with E-state index in [0.29, 0.717) is 22.1 Å². The largest absolute Gasteiger partial charge is 0.496 e. The van der Waals surface area contributed by atoms with Gasteiger partial charge in [-0.05, 0) is 12.1 Å². The van der Waals surface area contributed by atoms with Crippen molar-refractivity contribution < 1.29 is 19.2 Å². The van der Waals surface area contributed by atoms with Crippen molar-refractivity contribution in [3.63, 3.8) is 0 Å². The maximum Gasteiger partial charge on any atom is 0.270 e. The van der Waals surface area contributed by atoms with Gasteiger partial charge in [0.25, 0.3) is 11.6 Å². The molecule has 1 N–H and O–H groups in total. The Kier molecular flexibility index (Phi) is 5.27. The summed E-state index contributed by atoms with van der Waals surface area (Å²) in [6.07, 6.45) is 0. The second-order valence-electron chi connectivity index (χ2n) is 5.21. The van der Waals surface area contributed by atoms with Gasteiger partial charge in [-0.15, -0.1) is 10.2 Å². The number of nitrogens with zero attached hydrogens (tertiary/aromatic N) is 3. The SMILES string of the molecule is COc1cccc(OC)c1C(=O)Nc1nnc(-c2cccc([N+](=O)[O-])c2)s1. The normalized spacial score (nSPS) is 10.3. The Morgan fingerprint density at radius 2 is 1.78 bits per heavy atom. The van der Waals surface area contributed by atoms with Gasteiger partial charge in [0.05, 0.1) is 19.1 Å². The van der Waals surface area contributed by atoms with Gasteiger partial charge in [0.2, 0.25) is 5.13 Å². The van der Waals surface area contributed by atoms with E-state index in [9.17, 15) is 14.9 Å². The molecule has 0 saturated heterocycles. The van der Waals surface area contributed by atoms with Crippen LogP contribution in [0.2, 0.25) is 0 Å². The quantitative estimate of drug-likeness (QED) is 0.510. The summed E-state index contributed by atoms with van der Waals surface area (Å²) in [7, 11) is 2.91. The molecular formula is C17H14N4O5S. The summed E-state index contributed by atoms with van der Waals surface area (Å²) in [6, 6.07) is 11.0. The molecule has 10 heteroatoms. The zero-order valence-electron chi connectivity index (χ0n) is 14.3. The van der Waals surface area contributed by atoms with Gasteiger partial charge >= 0.3 is 0 Å². The monoisotopic (exact) mass is 386 g/mol. The molecule has 0 aliphatic rings. The zero-order chi connectivity index (χ0) is 19.4. The molecule has 0 unspecified atom stereocenters. The van der Waals surface area contributed by atoms with Crippen LogP contribution in [0, 0.1) is 10.1 Å². The first-order valence-corrected chi connectivity index (χ1v) is 8.45. The third-order valence-electron chi connectivity index (χ3n) is 3.60. The van der Waals surface area contributed by atoms with Gasteiger partial charge in [0, 0.05) is 17.7 Å². The number of nitrogens with one attached hydrogen (secondary N) is 1. The van der Waals surface area contributed by atoms with Crippen molar-refractivity contribution >= 4 is 28.1 Å². The molecule has 0 saturated carbocycles. The fourth-order valence-electron chi connectivity index (χ4n) is 2.38. The number of carbonyl (C=O) groups is 1. The van der Waals surface area contributed by atoms with Crippen molar-refractivity contribution in [1.29, 1.82) is 0 Å². The van der Waals surface area contributed by atoms with Crippen molar-refractivity contribution in [3.05, 3.63) is 58.1 Å². The number of anilines is 1. The Hall–Kier alpha value is -3.53. The summed E-state index contributed by atoms with van der Waals surface area (Å²) in [5, 5.41) is 22.2. The molecular weight excluding hydrogens is 372 g/mol. The van der Waals surface area contributed by atoms with Crippen LogP contribution in [0.4, 0.5) is 10.8 Å². The van der Waals surface area contributed by atoms with Gasteiger partial charge in [0.1, 0.15) is 22.1 Å². The van der Waals surface area contributed by atoms with Crippen LogP contribution in [-0.2, 0) is 0 Å². The molecule has 0 bridgehead atoms. The predicted octanol–water partition coefficient (Wildman–Crippen LogP) is 3.38. The van der Waals surface area contributed by atoms with Crippen molar-refractivity contribution in [3.8, 4) is 22.1 Å². The molecule has 0 spiro atoms. The van der Waals surface area contributed by atoms with E-state index in [4.69, 9.17) is 9.47 Å². The Labute approximate surface area is 157 Å². The van der Waals surface area contributed by atoms with E-state index in [0.717, 1.165) is 11.3 Å². The number of methoxy groups -OCH3 is 2. The van der Waals surface area contributed by atoms with Crippen molar-refractivity contribution in [1.82, 2.24) is 10.2 Å². The van der Waals surface area contributed by atoms with E-state index in [-0.39, 0.29) is 16.4 Å². The molecule has 138 valence electrons. The number of nitro benzene ring substituents is 1. The molecule has 0 atom stereocenters. The summed E-state index contributed by atoms with van der Waals surface area (Å²) in [5.74, 6) is 0.247. The molecule has 9 nitrogen and oxygen atoms in total. The molecule has 1 amide bonds. The molecule has 0 aliphatic carbocycles. The van der Waals surface area contributed by atoms with Crippen LogP contribution in [0.1, 0.15) is 10.4 Å². The minimum Gasteiger partial charge on any atom is -0.496 e. The number of amides is 1. The second kappa shape index (κ2) is 7.79. The molecule has 3 rings (SSSR count). The molecule has 2 aromatic carbocycles. The number of non-ortho nitro benzene ring substituents is 1. The minimum absolute atomic E-state index is 0.0490. The van der Waals surface area contributed by atoms with E-state index in [2.05, 4.69) is 15.5 Å². The van der Waals surface area contributed by atoms with E-state index in [1.54, 1.807) is 30.3 Å². The van der Waals surface area contributed by atoms with E-state index in [1.807, 2.05) is 0 Å². The number of benzene rings is 2. The lowest BCUT2D eigenvalue weighted by Gasteiger charge is -2.11. The molecule has 0 radical (unpaired) electrons. The lowest BCUT2D eigenvalue weighted by Crippen LogP contribution is -2.14. The number of carbonyl (C=O) groups excluding carboxylic acids is 1. The summed E-state index contributed by atoms with van der Waals surface area (Å²) in [5.41, 5.74) is 0.721. The second-order valence-corrected chi connectivity index (χ2v) is 6.19. The highest BCUT2D eigenvalue weighted by molar-refractivity contribution is 7.18. The lowest BCUT2D eigenvalue weighted by atomic mass is 10.1. The van der Waals surface area contributed by atoms with Crippen LogP contribution in [0.5, 0.6) is 11.5 Å². The lowest BCUT2D eigenvalue weighted by molar-refractivity contribution is -0.384. The molecule has 27 heavy (non-hydrogen) atoms. The van der Waals surface area contributed by atoms with Crippen molar-refractivity contribution in [2.75, 3.05) is 19.5 Å². The van der Waals surface area contributed by atoms with E-state index >= 15 is 0 Å². The number of aromatic nitrogens is 2. The van der Waals surface area contributed by atoms with Crippen molar-refractivity contribution in [2.24, 2.45) is 0 Å². The van der Waals surface area contributed by atoms with Gasteiger partial charge in [-0.3, -0.25) is 20.2 Å². The molecule has 3 aromatic rings. The minimum atomic E-state index is -0.485. The van der Waals surface area contributed by atoms with Gasteiger partial charge in [-0.25, -0.2) is 0 Å². The van der Waals surface area contributed by atoms with Crippen LogP contribution in [0.15, 0.2) is 42.5 Å². The smallest absolute Gasteiger partial charge is 0.270 e. The predicted molar refractivity (Wildman–Crippen MR) is 99.5 cm³/mol. The van der Waals surface area contributed by atoms with E-state index in [1.165, 1.54) is 26.4 Å². The number of ether oxygens (including phenoxy) is 2. The first-order valence-electron chi connectivity index (χ1n) is 7.64. The Bertz CT molecular complexity index is 982. The van der Waals surface area contributed by atoms with E-state index < -0.39 is 10.8 Å². The van der Waals surface area contributed by atoms with Gasteiger partial charge in [-0.2, -0.15) is 0 Å². The van der Waals surface area contributed by atoms with Crippen LogP contribution >= 0.6 is 11.3 Å². The summed E-state index contributed by atoms with van der Waals surface area (Å²) < 4.78 is 10.4. The van der Waals surface area contributed by atoms with Crippen LogP contribution < -0.4 is 14.8 Å². The zero-order valence-corrected chi connectivity index (χ0v) is 15.1. The maximum absolute atomic E-state index is 12.6. The first-order chi connectivity index (χ1) is 13.0. The molecule has 1 aromatic heterocycles. The maximum atomic E-state index is 12.6. The highest BCUT2D eigenvalue weighted by Crippen LogP contribution is 2.31. The van der Waals surface area contributed by atoms with Gasteiger partial charge in [-0.1, -0.05) is 29.5 Å². The average molecular weight is 386 g/mol. The Balaban J connectivity index is 1.86. The summed E-state index contributed by atoms with van der Waals surface area (Å²) in [6.45, 7) is 0. The highest BCUT2D eigenvalue weighted by atomic mass is 32.1. The fraction of sp³-hybridized carbons (Fsp3) is 0.118. The third kappa shape index (κ3) is 3.85. The summed E-state index contributed by atoms with van der Waals surface area (Å²) in [4.78, 5) is 23.1. The standard InChI is InChI=1S/C17H14N4O5S/c1-25-12-7-4-8-13(26-2)14(12)15(22)18-17-20-19-16(27-17)10-5-3-6-11(9-10)21(23)24/h3-9H,1-2H3,(H,18,20,22). The first kappa shape index (κ1) is 18.3. The Morgan fingerprint density at radius 3 is 2.41 bits per heavy atom. The van der Waals surface area contributed by atoms with Crippen LogP contribution in [0.25, 0.3) is 10.6 Å². The molecule has 0 fully saturated rings. The van der Waals surface area contributed by atoms with Crippen LogP contribution in [-0.4, -0.2) is 35.2 Å². The number of nitro groups is 1. The Morgan fingerprint density at radius 1 is 1.11 bits per heavy atom. The van der Waals surface area contributed by atoms with Crippen molar-refractivity contribution in [2.45, 2.75) is 0 Å².